The van der Waals surface area contributed by atoms with Crippen LogP contribution >= 0.6 is 0 Å². The number of anilines is 2. The van der Waals surface area contributed by atoms with Crippen molar-refractivity contribution in [1.29, 1.82) is 0 Å². The molecule has 244 valence electrons. The number of carbonyl (C=O) groups excluding carboxylic acids is 2. The molecule has 46 heavy (non-hydrogen) atoms. The lowest BCUT2D eigenvalue weighted by atomic mass is 10.1. The van der Waals surface area contributed by atoms with E-state index in [1.165, 1.54) is 4.90 Å². The molecule has 0 aliphatic heterocycles. The number of esters is 1. The minimum atomic E-state index is -1.30. The van der Waals surface area contributed by atoms with E-state index in [9.17, 15) is 14.7 Å². The van der Waals surface area contributed by atoms with Gasteiger partial charge in [0.1, 0.15) is 17.5 Å². The number of aliphatic hydroxyl groups excluding tert-OH is 1. The summed E-state index contributed by atoms with van der Waals surface area (Å²) >= 11 is 0. The number of nitrogens with two attached hydrogens (primary N) is 1. The van der Waals surface area contributed by atoms with Gasteiger partial charge in [-0.05, 0) is 67.9 Å². The van der Waals surface area contributed by atoms with E-state index in [2.05, 4.69) is 22.2 Å². The van der Waals surface area contributed by atoms with Crippen LogP contribution < -0.4 is 16.0 Å². The summed E-state index contributed by atoms with van der Waals surface area (Å²) in [4.78, 5) is 40.3. The van der Waals surface area contributed by atoms with Gasteiger partial charge in [0.25, 0.3) is 12.3 Å². The highest BCUT2D eigenvalue weighted by molar-refractivity contribution is 6.07. The van der Waals surface area contributed by atoms with Crippen molar-refractivity contribution < 1.29 is 24.2 Å². The number of unbranched alkanes of at least 4 members (excludes halogenated alkanes) is 3. The predicted molar refractivity (Wildman–Crippen MR) is 178 cm³/mol. The Labute approximate surface area is 269 Å². The molecule has 12 nitrogen and oxygen atoms in total. The number of ether oxygens (including phenoxy) is 2. The first kappa shape index (κ1) is 34.1. The Kier molecular flexibility index (Phi) is 12.6. The molecule has 4 N–H and O–H groups in total. The zero-order valence-corrected chi connectivity index (χ0v) is 26.7. The Hall–Kier alpha value is -4.81. The van der Waals surface area contributed by atoms with Gasteiger partial charge in [-0.2, -0.15) is 0 Å². The molecule has 0 saturated carbocycles. The first-order valence-corrected chi connectivity index (χ1v) is 15.6. The molecule has 0 radical (unpaired) electrons. The molecule has 12 heteroatoms. The van der Waals surface area contributed by atoms with E-state index in [1.807, 2.05) is 41.9 Å². The van der Waals surface area contributed by atoms with Gasteiger partial charge in [0.15, 0.2) is 0 Å². The summed E-state index contributed by atoms with van der Waals surface area (Å²) in [7, 11) is 1.92. The third kappa shape index (κ3) is 9.35. The minimum Gasteiger partial charge on any atom is -0.466 e. The second-order valence-corrected chi connectivity index (χ2v) is 10.7. The molecule has 0 saturated heterocycles. The number of amides is 1. The number of aliphatic imine (C=N–C) groups is 1. The number of hydrogen-bond acceptors (Lipinski definition) is 9. The summed E-state index contributed by atoms with van der Waals surface area (Å²) in [6.45, 7) is 5.16. The van der Waals surface area contributed by atoms with Crippen LogP contribution in [0.5, 0.6) is 0 Å². The molecule has 1 amide bonds. The lowest BCUT2D eigenvalue weighted by Crippen LogP contribution is -2.34. The van der Waals surface area contributed by atoms with Gasteiger partial charge in [-0.3, -0.25) is 14.5 Å². The van der Waals surface area contributed by atoms with E-state index in [0.717, 1.165) is 42.7 Å². The molecule has 0 spiro atoms. The number of nitrogens with one attached hydrogen (secondary N) is 1. The van der Waals surface area contributed by atoms with Crippen LogP contribution in [-0.2, 0) is 27.9 Å². The van der Waals surface area contributed by atoms with Crippen molar-refractivity contribution in [3.05, 3.63) is 83.8 Å². The van der Waals surface area contributed by atoms with Crippen molar-refractivity contribution in [2.45, 2.75) is 58.9 Å². The molecule has 0 aliphatic rings. The Bertz CT molecular complexity index is 1610. The largest absolute Gasteiger partial charge is 0.466 e. The molecule has 1 atom stereocenters. The summed E-state index contributed by atoms with van der Waals surface area (Å²) in [6.07, 6.45) is 4.55. The van der Waals surface area contributed by atoms with Crippen LogP contribution in [-0.4, -0.2) is 63.5 Å². The molecule has 0 bridgehead atoms. The van der Waals surface area contributed by atoms with Gasteiger partial charge >= 0.3 is 5.97 Å². The molecule has 0 fully saturated rings. The molecule has 4 aromatic rings. The van der Waals surface area contributed by atoms with Crippen molar-refractivity contribution in [1.82, 2.24) is 14.5 Å². The van der Waals surface area contributed by atoms with Crippen LogP contribution in [0, 0.1) is 0 Å². The number of hydrogen-bond donors (Lipinski definition) is 3. The number of rotatable bonds is 17. The van der Waals surface area contributed by atoms with Gasteiger partial charge < -0.3 is 30.2 Å². The summed E-state index contributed by atoms with van der Waals surface area (Å²) in [5, 5.41) is 13.4. The van der Waals surface area contributed by atoms with Gasteiger partial charge in [0.2, 0.25) is 0 Å². The molecule has 0 aliphatic carbocycles. The maximum atomic E-state index is 13.6. The highest BCUT2D eigenvalue weighted by atomic mass is 16.6. The number of aliphatic hydroxyl groups is 1. The van der Waals surface area contributed by atoms with Gasteiger partial charge in [0, 0.05) is 36.6 Å². The Balaban J connectivity index is 1.40. The Morgan fingerprint density at radius 2 is 1.85 bits per heavy atom. The van der Waals surface area contributed by atoms with E-state index in [-0.39, 0.29) is 37.3 Å². The summed E-state index contributed by atoms with van der Waals surface area (Å²) in [5.41, 5.74) is 9.56. The number of aromatic nitrogens is 3. The van der Waals surface area contributed by atoms with Crippen molar-refractivity contribution >= 4 is 40.3 Å². The van der Waals surface area contributed by atoms with Crippen LogP contribution in [0.25, 0.3) is 11.0 Å². The van der Waals surface area contributed by atoms with E-state index < -0.39 is 6.41 Å². The highest BCUT2D eigenvalue weighted by Gasteiger charge is 2.21. The number of aryl methyl sites for hydroxylation is 1. The van der Waals surface area contributed by atoms with Crippen LogP contribution in [0.15, 0.2) is 71.9 Å². The van der Waals surface area contributed by atoms with Crippen molar-refractivity contribution in [2.75, 3.05) is 30.0 Å². The number of carbonyl (C=O) groups is 2. The number of amidine groups is 1. The monoisotopic (exact) mass is 629 g/mol. The van der Waals surface area contributed by atoms with Crippen LogP contribution in [0.2, 0.25) is 0 Å². The molecule has 2 heterocycles. The molecule has 2 aromatic heterocycles. The predicted octanol–water partition coefficient (Wildman–Crippen LogP) is 4.76. The lowest BCUT2D eigenvalue weighted by molar-refractivity contribution is -0.142. The number of nitrogens with zero attached hydrogens (tertiary/aromatic N) is 5. The quantitative estimate of drug-likeness (QED) is 0.0493. The van der Waals surface area contributed by atoms with Crippen molar-refractivity contribution in [3.8, 4) is 0 Å². The molecular weight excluding hydrogens is 586 g/mol. The SMILES string of the molecule is CCCCCCOC(O)N=C(N)c1ccc(NCc2nc3cc(C(=O)N(CCC(=O)OCC)c4ccccn4)ccc3n2C)cc1. The second-order valence-electron chi connectivity index (χ2n) is 10.7. The second kappa shape index (κ2) is 17.0. The maximum Gasteiger partial charge on any atom is 0.307 e. The molecular formula is C34H43N7O5. The molecule has 2 aromatic carbocycles. The number of pyridine rings is 1. The normalized spacial score (nSPS) is 12.2. The summed E-state index contributed by atoms with van der Waals surface area (Å²) < 4.78 is 12.4. The summed E-state index contributed by atoms with van der Waals surface area (Å²) in [5.74, 6) is 0.744. The van der Waals surface area contributed by atoms with Crippen molar-refractivity contribution in [3.63, 3.8) is 0 Å². The highest BCUT2D eigenvalue weighted by Crippen LogP contribution is 2.21. The molecule has 4 rings (SSSR count). The zero-order chi connectivity index (χ0) is 32.9. The van der Waals surface area contributed by atoms with E-state index in [4.69, 9.17) is 20.2 Å². The number of benzene rings is 2. The van der Waals surface area contributed by atoms with Gasteiger partial charge in [0.05, 0.1) is 37.2 Å². The van der Waals surface area contributed by atoms with Crippen LogP contribution in [0.4, 0.5) is 11.5 Å². The Morgan fingerprint density at radius 1 is 1.07 bits per heavy atom. The fourth-order valence-corrected chi connectivity index (χ4v) is 4.85. The van der Waals surface area contributed by atoms with Crippen molar-refractivity contribution in [2.24, 2.45) is 17.8 Å². The lowest BCUT2D eigenvalue weighted by Gasteiger charge is -2.21. The number of imidazole rings is 1. The minimum absolute atomic E-state index is 0.0493. The molecule has 1 unspecified atom stereocenters. The third-order valence-corrected chi connectivity index (χ3v) is 7.38. The average molecular weight is 630 g/mol. The summed E-state index contributed by atoms with van der Waals surface area (Å²) in [6, 6.07) is 18.0. The van der Waals surface area contributed by atoms with E-state index in [0.29, 0.717) is 35.6 Å². The van der Waals surface area contributed by atoms with E-state index >= 15 is 0 Å². The van der Waals surface area contributed by atoms with Gasteiger partial charge in [-0.15, -0.1) is 0 Å². The fraction of sp³-hybridized carbons (Fsp3) is 0.382. The third-order valence-electron chi connectivity index (χ3n) is 7.38. The first-order valence-electron chi connectivity index (χ1n) is 15.6. The standard InChI is InChI=1S/C34H43N7O5/c1-4-6-7-10-21-46-34(44)39-32(35)24-12-15-26(16-13-24)37-23-30-38-27-22-25(14-17-28(27)40(30)3)33(43)41(20-18-31(42)45-5-2)29-11-8-9-19-36-29/h8-9,11-17,19,22,34,37,44H,4-7,10,18,20-21,23H2,1-3H3,(H2,35,39). The Morgan fingerprint density at radius 3 is 2.57 bits per heavy atom. The fourth-order valence-electron chi connectivity index (χ4n) is 4.85. The van der Waals surface area contributed by atoms with Gasteiger partial charge in [-0.25, -0.2) is 15.0 Å². The zero-order valence-electron chi connectivity index (χ0n) is 26.7. The topological polar surface area (TPSA) is 157 Å². The van der Waals surface area contributed by atoms with E-state index in [1.54, 1.807) is 43.5 Å². The number of fused-ring (bicyclic) bond motifs is 1. The maximum absolute atomic E-state index is 13.6. The van der Waals surface area contributed by atoms with Crippen LogP contribution in [0.3, 0.4) is 0 Å². The smallest absolute Gasteiger partial charge is 0.307 e. The average Bonchev–Trinajstić information content (AvgIpc) is 3.38. The van der Waals surface area contributed by atoms with Gasteiger partial charge in [-0.1, -0.05) is 32.3 Å². The van der Waals surface area contributed by atoms with Crippen LogP contribution in [0.1, 0.15) is 67.7 Å². The first-order chi connectivity index (χ1) is 22.3.